The maximum atomic E-state index is 10.7. The minimum atomic E-state index is -0.565. The molecular weight excluding hydrogens is 238 g/mol. The lowest BCUT2D eigenvalue weighted by molar-refractivity contribution is -0.0930. The van der Waals surface area contributed by atoms with Crippen molar-refractivity contribution in [3.05, 3.63) is 24.3 Å². The van der Waals surface area contributed by atoms with E-state index in [9.17, 15) is 5.11 Å². The second-order valence-corrected chi connectivity index (χ2v) is 6.26. The van der Waals surface area contributed by atoms with Crippen LogP contribution in [0.3, 0.4) is 0 Å². The highest BCUT2D eigenvalue weighted by Crippen LogP contribution is 2.36. The van der Waals surface area contributed by atoms with Crippen LogP contribution in [0, 0.1) is 5.92 Å². The summed E-state index contributed by atoms with van der Waals surface area (Å²) in [6.45, 7) is 11.4. The van der Waals surface area contributed by atoms with Gasteiger partial charge in [0.1, 0.15) is 0 Å². The third-order valence-electron chi connectivity index (χ3n) is 4.40. The molecule has 2 rings (SSSR count). The van der Waals surface area contributed by atoms with Gasteiger partial charge in [-0.05, 0) is 39.0 Å². The van der Waals surface area contributed by atoms with Crippen LogP contribution in [0.25, 0.3) is 0 Å². The number of allylic oxidation sites excluding steroid dienone is 3. The molecule has 0 amide bonds. The van der Waals surface area contributed by atoms with Crippen molar-refractivity contribution >= 4 is 0 Å². The first kappa shape index (κ1) is 14.8. The predicted octanol–water partition coefficient (Wildman–Crippen LogP) is 2.37. The maximum Gasteiger partial charge on any atom is 0.0774 e. The fourth-order valence-electron chi connectivity index (χ4n) is 3.21. The molecule has 1 aliphatic heterocycles. The van der Waals surface area contributed by atoms with Crippen LogP contribution in [-0.2, 0) is 4.74 Å². The summed E-state index contributed by atoms with van der Waals surface area (Å²) in [5.74, 6) is 0.560. The Kier molecular flexibility index (Phi) is 4.82. The number of morpholine rings is 1. The van der Waals surface area contributed by atoms with Crippen molar-refractivity contribution in [1.82, 2.24) is 4.90 Å². The number of nitrogens with zero attached hydrogens (tertiary/aromatic N) is 1. The van der Waals surface area contributed by atoms with Crippen LogP contribution in [0.1, 0.15) is 33.1 Å². The first-order valence-corrected chi connectivity index (χ1v) is 7.37. The van der Waals surface area contributed by atoms with E-state index in [0.29, 0.717) is 5.92 Å². The van der Waals surface area contributed by atoms with Crippen LogP contribution in [0.15, 0.2) is 24.3 Å². The maximum absolute atomic E-state index is 10.7. The third-order valence-corrected chi connectivity index (χ3v) is 4.40. The van der Waals surface area contributed by atoms with Crippen LogP contribution in [-0.4, -0.2) is 48.0 Å². The van der Waals surface area contributed by atoms with Gasteiger partial charge in [-0.3, -0.25) is 4.90 Å². The molecule has 0 bridgehead atoms. The number of hydrogen-bond donors (Lipinski definition) is 1. The first-order valence-electron chi connectivity index (χ1n) is 7.37. The van der Waals surface area contributed by atoms with Gasteiger partial charge in [-0.2, -0.15) is 0 Å². The van der Waals surface area contributed by atoms with Crippen molar-refractivity contribution < 1.29 is 9.84 Å². The smallest absolute Gasteiger partial charge is 0.0774 e. The second-order valence-electron chi connectivity index (χ2n) is 6.26. The molecule has 0 aromatic heterocycles. The van der Waals surface area contributed by atoms with Gasteiger partial charge in [-0.25, -0.2) is 0 Å². The van der Waals surface area contributed by atoms with Crippen molar-refractivity contribution in [2.75, 3.05) is 26.3 Å². The predicted molar refractivity (Wildman–Crippen MR) is 78.1 cm³/mol. The van der Waals surface area contributed by atoms with E-state index < -0.39 is 5.60 Å². The molecule has 0 spiro atoms. The molecule has 1 aliphatic carbocycles. The molecule has 3 atom stereocenters. The molecule has 0 aromatic rings. The van der Waals surface area contributed by atoms with Gasteiger partial charge in [-0.15, -0.1) is 0 Å². The molecule has 2 aliphatic rings. The highest BCUT2D eigenvalue weighted by atomic mass is 16.5. The van der Waals surface area contributed by atoms with Crippen molar-refractivity contribution in [2.24, 2.45) is 5.92 Å². The molecule has 108 valence electrons. The highest BCUT2D eigenvalue weighted by Gasteiger charge is 2.41. The van der Waals surface area contributed by atoms with Gasteiger partial charge in [0.15, 0.2) is 0 Å². The van der Waals surface area contributed by atoms with Crippen LogP contribution >= 0.6 is 0 Å². The van der Waals surface area contributed by atoms with Crippen molar-refractivity contribution in [3.8, 4) is 0 Å². The Labute approximate surface area is 116 Å². The number of aliphatic hydroxyl groups is 1. The summed E-state index contributed by atoms with van der Waals surface area (Å²) in [6.07, 6.45) is 7.36. The molecule has 3 heteroatoms. The van der Waals surface area contributed by atoms with E-state index in [2.05, 4.69) is 23.6 Å². The van der Waals surface area contributed by atoms with E-state index in [1.807, 2.05) is 13.8 Å². The fraction of sp³-hybridized carbons (Fsp3) is 0.750. The Balaban J connectivity index is 2.02. The Morgan fingerprint density at radius 1 is 1.42 bits per heavy atom. The average molecular weight is 265 g/mol. The van der Waals surface area contributed by atoms with Gasteiger partial charge in [-0.1, -0.05) is 24.3 Å². The summed E-state index contributed by atoms with van der Waals surface area (Å²) in [5, 5.41) is 10.7. The molecule has 0 radical (unpaired) electrons. The Morgan fingerprint density at radius 2 is 2.11 bits per heavy atom. The molecule has 1 heterocycles. The molecular formula is C16H27NO2. The summed E-state index contributed by atoms with van der Waals surface area (Å²) in [6, 6.07) is 0.255. The van der Waals surface area contributed by atoms with Crippen LogP contribution in [0.4, 0.5) is 0 Å². The molecule has 19 heavy (non-hydrogen) atoms. The molecule has 3 nitrogen and oxygen atoms in total. The lowest BCUT2D eigenvalue weighted by Crippen LogP contribution is -2.57. The monoisotopic (exact) mass is 265 g/mol. The van der Waals surface area contributed by atoms with Crippen molar-refractivity contribution in [2.45, 2.75) is 44.8 Å². The number of hydrogen-bond acceptors (Lipinski definition) is 3. The van der Waals surface area contributed by atoms with E-state index >= 15 is 0 Å². The number of rotatable bonds is 3. The lowest BCUT2D eigenvalue weighted by Gasteiger charge is -2.47. The summed E-state index contributed by atoms with van der Waals surface area (Å²) in [7, 11) is 0. The average Bonchev–Trinajstić information content (AvgIpc) is 2.38. The summed E-state index contributed by atoms with van der Waals surface area (Å²) >= 11 is 0. The minimum Gasteiger partial charge on any atom is -0.389 e. The Morgan fingerprint density at radius 3 is 2.74 bits per heavy atom. The van der Waals surface area contributed by atoms with E-state index in [4.69, 9.17) is 4.74 Å². The van der Waals surface area contributed by atoms with Crippen molar-refractivity contribution in [3.63, 3.8) is 0 Å². The van der Waals surface area contributed by atoms with Crippen LogP contribution in [0.5, 0.6) is 0 Å². The Bertz CT molecular complexity index is 343. The first-order chi connectivity index (χ1) is 8.99. The standard InChI is InChI=1S/C16H27NO2/c1-13(2)4-5-14-6-7-16(3,18)15(12-14)17-8-10-19-11-9-17/h4-5,14-15,18H,1,6-12H2,2-3H3. The van der Waals surface area contributed by atoms with Crippen LogP contribution < -0.4 is 0 Å². The molecule has 3 unspecified atom stereocenters. The summed E-state index contributed by atoms with van der Waals surface area (Å²) < 4.78 is 5.42. The molecule has 1 saturated heterocycles. The van der Waals surface area contributed by atoms with E-state index in [1.54, 1.807) is 0 Å². The molecule has 2 fully saturated rings. The largest absolute Gasteiger partial charge is 0.389 e. The van der Waals surface area contributed by atoms with E-state index in [0.717, 1.165) is 51.1 Å². The quantitative estimate of drug-likeness (QED) is 0.795. The summed E-state index contributed by atoms with van der Waals surface area (Å²) in [5.41, 5.74) is 0.533. The lowest BCUT2D eigenvalue weighted by atomic mass is 9.75. The molecule has 1 N–H and O–H groups in total. The topological polar surface area (TPSA) is 32.7 Å². The molecule has 1 saturated carbocycles. The van der Waals surface area contributed by atoms with Gasteiger partial charge in [0.25, 0.3) is 0 Å². The van der Waals surface area contributed by atoms with E-state index in [-0.39, 0.29) is 6.04 Å². The highest BCUT2D eigenvalue weighted by molar-refractivity contribution is 5.13. The second kappa shape index (κ2) is 6.21. The minimum absolute atomic E-state index is 0.255. The SMILES string of the molecule is C=C(C)C=CC1CCC(C)(O)C(N2CCOCC2)C1. The van der Waals surface area contributed by atoms with Gasteiger partial charge < -0.3 is 9.84 Å². The van der Waals surface area contributed by atoms with Gasteiger partial charge in [0.2, 0.25) is 0 Å². The van der Waals surface area contributed by atoms with Gasteiger partial charge >= 0.3 is 0 Å². The third kappa shape index (κ3) is 3.91. The zero-order valence-electron chi connectivity index (χ0n) is 12.3. The Hall–Kier alpha value is -0.640. The fourth-order valence-corrected chi connectivity index (χ4v) is 3.21. The van der Waals surface area contributed by atoms with Gasteiger partial charge in [0.05, 0.1) is 18.8 Å². The zero-order chi connectivity index (χ0) is 13.9. The van der Waals surface area contributed by atoms with Gasteiger partial charge in [0, 0.05) is 19.1 Å². The zero-order valence-corrected chi connectivity index (χ0v) is 12.3. The van der Waals surface area contributed by atoms with E-state index in [1.165, 1.54) is 0 Å². The normalized spacial score (nSPS) is 37.6. The number of ether oxygens (including phenoxy) is 1. The molecule has 0 aromatic carbocycles. The van der Waals surface area contributed by atoms with Crippen LogP contribution in [0.2, 0.25) is 0 Å². The summed E-state index contributed by atoms with van der Waals surface area (Å²) in [4.78, 5) is 2.41. The van der Waals surface area contributed by atoms with Crippen molar-refractivity contribution in [1.29, 1.82) is 0 Å².